The highest BCUT2D eigenvalue weighted by Crippen LogP contribution is 2.25. The van der Waals surface area contributed by atoms with Gasteiger partial charge >= 0.3 is 5.97 Å². The molecule has 0 fully saturated rings. The molecule has 0 saturated carbocycles. The summed E-state index contributed by atoms with van der Waals surface area (Å²) in [4.78, 5) is 23.1. The minimum atomic E-state index is -1.14. The Morgan fingerprint density at radius 3 is 2.59 bits per heavy atom. The topological polar surface area (TPSA) is 95.9 Å². The summed E-state index contributed by atoms with van der Waals surface area (Å²) in [6.07, 6.45) is 0. The monoisotopic (exact) mass is 301 g/mol. The highest BCUT2D eigenvalue weighted by atomic mass is 16.5. The highest BCUT2D eigenvalue weighted by Gasteiger charge is 2.12. The first-order valence-electron chi connectivity index (χ1n) is 6.61. The number of aromatic hydroxyl groups is 1. The number of benzene rings is 2. The van der Waals surface area contributed by atoms with Crippen molar-refractivity contribution in [1.82, 2.24) is 0 Å². The van der Waals surface area contributed by atoms with Gasteiger partial charge in [-0.05, 0) is 43.3 Å². The fourth-order valence-electron chi connectivity index (χ4n) is 1.86. The van der Waals surface area contributed by atoms with Crippen LogP contribution in [0.25, 0.3) is 0 Å². The van der Waals surface area contributed by atoms with Gasteiger partial charge in [-0.1, -0.05) is 6.07 Å². The van der Waals surface area contributed by atoms with Crippen molar-refractivity contribution in [3.8, 4) is 11.5 Å². The molecule has 22 heavy (non-hydrogen) atoms. The zero-order chi connectivity index (χ0) is 16.1. The molecule has 1 amide bonds. The lowest BCUT2D eigenvalue weighted by Gasteiger charge is -2.09. The van der Waals surface area contributed by atoms with Crippen LogP contribution >= 0.6 is 0 Å². The number of anilines is 1. The van der Waals surface area contributed by atoms with Crippen molar-refractivity contribution in [2.75, 3.05) is 11.9 Å². The molecule has 0 heterocycles. The van der Waals surface area contributed by atoms with Gasteiger partial charge in [0, 0.05) is 5.56 Å². The molecule has 0 bridgehead atoms. The molecular weight excluding hydrogens is 286 g/mol. The Morgan fingerprint density at radius 1 is 1.14 bits per heavy atom. The number of amides is 1. The Hall–Kier alpha value is -3.02. The van der Waals surface area contributed by atoms with Crippen LogP contribution in [0.15, 0.2) is 42.5 Å². The summed E-state index contributed by atoms with van der Waals surface area (Å²) in [5.74, 6) is -1.27. The molecule has 3 N–H and O–H groups in total. The lowest BCUT2D eigenvalue weighted by Crippen LogP contribution is -2.12. The van der Waals surface area contributed by atoms with Gasteiger partial charge in [0.05, 0.1) is 17.9 Å². The molecule has 2 aromatic rings. The van der Waals surface area contributed by atoms with Gasteiger partial charge < -0.3 is 20.3 Å². The van der Waals surface area contributed by atoms with Crippen LogP contribution in [0.3, 0.4) is 0 Å². The second-order valence-corrected chi connectivity index (χ2v) is 4.45. The van der Waals surface area contributed by atoms with Crippen LogP contribution in [-0.4, -0.2) is 28.7 Å². The maximum atomic E-state index is 12.2. The molecule has 114 valence electrons. The number of carboxylic acids is 1. The first-order valence-corrected chi connectivity index (χ1v) is 6.61. The highest BCUT2D eigenvalue weighted by molar-refractivity contribution is 6.05. The standard InChI is InChI=1S/C16H15NO5/c1-2-22-12-5-3-4-10(8-12)15(19)17-13-9-11(16(20)21)6-7-14(13)18/h3-9,18H,2H2,1H3,(H,17,19)(H,20,21). The molecule has 0 saturated heterocycles. The summed E-state index contributed by atoms with van der Waals surface area (Å²) in [5, 5.41) is 21.1. The first kappa shape index (κ1) is 15.4. The number of hydrogen-bond acceptors (Lipinski definition) is 4. The number of carbonyl (C=O) groups is 2. The van der Waals surface area contributed by atoms with Crippen molar-refractivity contribution in [2.45, 2.75) is 6.92 Å². The van der Waals surface area contributed by atoms with Crippen LogP contribution in [-0.2, 0) is 0 Å². The van der Waals surface area contributed by atoms with Crippen molar-refractivity contribution in [3.05, 3.63) is 53.6 Å². The maximum absolute atomic E-state index is 12.2. The predicted octanol–water partition coefficient (Wildman–Crippen LogP) is 2.74. The minimum absolute atomic E-state index is 0.0313. The van der Waals surface area contributed by atoms with E-state index in [2.05, 4.69) is 5.32 Å². The molecule has 0 aliphatic heterocycles. The summed E-state index contributed by atoms with van der Waals surface area (Å²) in [7, 11) is 0. The lowest BCUT2D eigenvalue weighted by atomic mass is 10.1. The van der Waals surface area contributed by atoms with E-state index in [1.54, 1.807) is 24.3 Å². The molecule has 2 aromatic carbocycles. The van der Waals surface area contributed by atoms with E-state index in [0.29, 0.717) is 17.9 Å². The number of ether oxygens (including phenoxy) is 1. The van der Waals surface area contributed by atoms with Gasteiger partial charge in [-0.15, -0.1) is 0 Å². The maximum Gasteiger partial charge on any atom is 0.335 e. The van der Waals surface area contributed by atoms with E-state index < -0.39 is 11.9 Å². The number of carboxylic acid groups (broad SMARTS) is 1. The average Bonchev–Trinajstić information content (AvgIpc) is 2.50. The van der Waals surface area contributed by atoms with Gasteiger partial charge in [0.2, 0.25) is 0 Å². The van der Waals surface area contributed by atoms with Crippen molar-refractivity contribution in [1.29, 1.82) is 0 Å². The van der Waals surface area contributed by atoms with Gasteiger partial charge in [0.15, 0.2) is 0 Å². The fraction of sp³-hybridized carbons (Fsp3) is 0.125. The molecule has 0 radical (unpaired) electrons. The zero-order valence-electron chi connectivity index (χ0n) is 11.9. The lowest BCUT2D eigenvalue weighted by molar-refractivity contribution is 0.0696. The molecule has 0 aliphatic rings. The van der Waals surface area contributed by atoms with Crippen molar-refractivity contribution in [3.63, 3.8) is 0 Å². The Kier molecular flexibility index (Phi) is 4.63. The third kappa shape index (κ3) is 3.54. The van der Waals surface area contributed by atoms with Gasteiger partial charge in [-0.3, -0.25) is 4.79 Å². The van der Waals surface area contributed by atoms with Gasteiger partial charge in [0.1, 0.15) is 11.5 Å². The number of rotatable bonds is 5. The van der Waals surface area contributed by atoms with E-state index in [9.17, 15) is 14.7 Å². The molecule has 0 unspecified atom stereocenters. The van der Waals surface area contributed by atoms with Crippen LogP contribution < -0.4 is 10.1 Å². The number of phenols is 1. The third-order valence-electron chi connectivity index (χ3n) is 2.90. The summed E-state index contributed by atoms with van der Waals surface area (Å²) >= 11 is 0. The van der Waals surface area contributed by atoms with E-state index in [4.69, 9.17) is 9.84 Å². The smallest absolute Gasteiger partial charge is 0.335 e. The Labute approximate surface area is 127 Å². The van der Waals surface area contributed by atoms with E-state index in [0.717, 1.165) is 0 Å². The zero-order valence-corrected chi connectivity index (χ0v) is 11.9. The van der Waals surface area contributed by atoms with E-state index in [1.165, 1.54) is 18.2 Å². The molecular formula is C16H15NO5. The number of carbonyl (C=O) groups excluding carboxylic acids is 1. The van der Waals surface area contributed by atoms with Crippen molar-refractivity contribution in [2.24, 2.45) is 0 Å². The number of nitrogens with one attached hydrogen (secondary N) is 1. The van der Waals surface area contributed by atoms with Gasteiger partial charge in [-0.25, -0.2) is 4.79 Å². The molecule has 0 aliphatic carbocycles. The van der Waals surface area contributed by atoms with E-state index in [1.807, 2.05) is 6.92 Å². The third-order valence-corrected chi connectivity index (χ3v) is 2.90. The molecule has 6 nitrogen and oxygen atoms in total. The van der Waals surface area contributed by atoms with E-state index in [-0.39, 0.29) is 17.0 Å². The second-order valence-electron chi connectivity index (χ2n) is 4.45. The Bertz CT molecular complexity index is 711. The fourth-order valence-corrected chi connectivity index (χ4v) is 1.86. The average molecular weight is 301 g/mol. The SMILES string of the molecule is CCOc1cccc(C(=O)Nc2cc(C(=O)O)ccc2O)c1. The summed E-state index contributed by atoms with van der Waals surface area (Å²) in [5.41, 5.74) is 0.342. The molecule has 6 heteroatoms. The van der Waals surface area contributed by atoms with Crippen LogP contribution in [0, 0.1) is 0 Å². The molecule has 0 atom stereocenters. The Balaban J connectivity index is 2.23. The van der Waals surface area contributed by atoms with Gasteiger partial charge in [0.25, 0.3) is 5.91 Å². The van der Waals surface area contributed by atoms with E-state index >= 15 is 0 Å². The number of aromatic carboxylic acids is 1. The predicted molar refractivity (Wildman–Crippen MR) is 80.6 cm³/mol. The summed E-state index contributed by atoms with van der Waals surface area (Å²) in [6.45, 7) is 2.31. The molecule has 2 rings (SSSR count). The number of hydrogen-bond donors (Lipinski definition) is 3. The largest absolute Gasteiger partial charge is 0.506 e. The van der Waals surface area contributed by atoms with Crippen LogP contribution in [0.2, 0.25) is 0 Å². The first-order chi connectivity index (χ1) is 10.5. The normalized spacial score (nSPS) is 10.0. The summed E-state index contributed by atoms with van der Waals surface area (Å²) < 4.78 is 5.31. The minimum Gasteiger partial charge on any atom is -0.506 e. The van der Waals surface area contributed by atoms with Crippen LogP contribution in [0.1, 0.15) is 27.6 Å². The van der Waals surface area contributed by atoms with Crippen LogP contribution in [0.4, 0.5) is 5.69 Å². The second kappa shape index (κ2) is 6.62. The van der Waals surface area contributed by atoms with Crippen molar-refractivity contribution >= 4 is 17.6 Å². The van der Waals surface area contributed by atoms with Gasteiger partial charge in [-0.2, -0.15) is 0 Å². The number of phenolic OH excluding ortho intramolecular Hbond substituents is 1. The Morgan fingerprint density at radius 2 is 1.91 bits per heavy atom. The quantitative estimate of drug-likeness (QED) is 0.738. The van der Waals surface area contributed by atoms with Crippen molar-refractivity contribution < 1.29 is 24.5 Å². The molecule has 0 aromatic heterocycles. The molecule has 0 spiro atoms. The van der Waals surface area contributed by atoms with Crippen LogP contribution in [0.5, 0.6) is 11.5 Å². The summed E-state index contributed by atoms with van der Waals surface area (Å²) in [6, 6.07) is 10.2.